The van der Waals surface area contributed by atoms with Gasteiger partial charge in [-0.05, 0) is 49.2 Å². The number of imidazole rings is 1. The topological polar surface area (TPSA) is 101 Å². The van der Waals surface area contributed by atoms with Gasteiger partial charge in [-0.1, -0.05) is 36.4 Å². The van der Waals surface area contributed by atoms with Crippen molar-refractivity contribution in [2.24, 2.45) is 0 Å². The third-order valence-electron chi connectivity index (χ3n) is 4.40. The number of fused-ring (bicyclic) bond motifs is 1. The Morgan fingerprint density at radius 1 is 1.11 bits per heavy atom. The Balaban J connectivity index is 1.68. The van der Waals surface area contributed by atoms with E-state index in [1.807, 2.05) is 69.3 Å². The van der Waals surface area contributed by atoms with E-state index in [0.717, 1.165) is 22.2 Å². The summed E-state index contributed by atoms with van der Waals surface area (Å²) < 4.78 is 0. The quantitative estimate of drug-likeness (QED) is 0.571. The zero-order valence-electron chi connectivity index (χ0n) is 15.9. The normalized spacial score (nSPS) is 12.8. The third kappa shape index (κ3) is 3.48. The number of aromatic nitrogens is 6. The van der Waals surface area contributed by atoms with Crippen molar-refractivity contribution in [2.75, 3.05) is 0 Å². The molecule has 2 heterocycles. The summed E-state index contributed by atoms with van der Waals surface area (Å²) in [7, 11) is 0. The molecule has 1 atom stereocenters. The second-order valence-corrected chi connectivity index (χ2v) is 7.57. The Hall–Kier alpha value is -3.55. The lowest BCUT2D eigenvalue weighted by molar-refractivity contribution is 0.0931. The maximum Gasteiger partial charge on any atom is 0.293 e. The summed E-state index contributed by atoms with van der Waals surface area (Å²) in [6.07, 6.45) is 1.65. The largest absolute Gasteiger partial charge is 0.345 e. The van der Waals surface area contributed by atoms with Gasteiger partial charge in [0, 0.05) is 0 Å². The van der Waals surface area contributed by atoms with Gasteiger partial charge in [0.25, 0.3) is 11.7 Å². The average molecular weight is 375 g/mol. The van der Waals surface area contributed by atoms with Gasteiger partial charge in [0.05, 0.1) is 28.9 Å². The smallest absolute Gasteiger partial charge is 0.293 e. The summed E-state index contributed by atoms with van der Waals surface area (Å²) in [5, 5.41) is 15.2. The van der Waals surface area contributed by atoms with E-state index < -0.39 is 0 Å². The summed E-state index contributed by atoms with van der Waals surface area (Å²) in [5.41, 5.74) is 3.31. The van der Waals surface area contributed by atoms with E-state index in [2.05, 4.69) is 30.7 Å². The highest BCUT2D eigenvalue weighted by Crippen LogP contribution is 2.25. The van der Waals surface area contributed by atoms with Crippen molar-refractivity contribution >= 4 is 16.9 Å². The zero-order valence-corrected chi connectivity index (χ0v) is 15.9. The minimum atomic E-state index is -0.380. The molecule has 0 saturated heterocycles. The van der Waals surface area contributed by atoms with E-state index in [-0.39, 0.29) is 23.3 Å². The Bertz CT molecular complexity index is 1110. The molecule has 0 radical (unpaired) electrons. The molecule has 0 aliphatic rings. The van der Waals surface area contributed by atoms with Gasteiger partial charge in [0.2, 0.25) is 0 Å². The molecule has 1 amide bonds. The van der Waals surface area contributed by atoms with Crippen molar-refractivity contribution in [3.63, 3.8) is 0 Å². The fourth-order valence-electron chi connectivity index (χ4n) is 2.92. The van der Waals surface area contributed by atoms with Crippen molar-refractivity contribution in [3.05, 3.63) is 71.8 Å². The minimum Gasteiger partial charge on any atom is -0.345 e. The molecule has 0 spiro atoms. The Morgan fingerprint density at radius 3 is 2.61 bits per heavy atom. The second kappa shape index (κ2) is 6.88. The third-order valence-corrected chi connectivity index (χ3v) is 4.40. The van der Waals surface area contributed by atoms with Crippen molar-refractivity contribution in [1.29, 1.82) is 0 Å². The number of aromatic amines is 1. The van der Waals surface area contributed by atoms with Gasteiger partial charge in [0.1, 0.15) is 0 Å². The number of hydrogen-bond donors (Lipinski definition) is 2. The molecule has 28 heavy (non-hydrogen) atoms. The number of amides is 1. The summed E-state index contributed by atoms with van der Waals surface area (Å²) >= 11 is 0. The highest BCUT2D eigenvalue weighted by atomic mass is 16.2. The van der Waals surface area contributed by atoms with Gasteiger partial charge in [0.15, 0.2) is 0 Å². The van der Waals surface area contributed by atoms with Crippen LogP contribution in [0.3, 0.4) is 0 Å². The van der Waals surface area contributed by atoms with Gasteiger partial charge >= 0.3 is 0 Å². The van der Waals surface area contributed by atoms with Crippen LogP contribution < -0.4 is 5.32 Å². The monoisotopic (exact) mass is 375 g/mol. The number of carbonyl (C=O) groups is 1. The molecule has 0 bridgehead atoms. The van der Waals surface area contributed by atoms with Crippen LogP contribution in [0.5, 0.6) is 0 Å². The second-order valence-electron chi connectivity index (χ2n) is 7.57. The number of hydrogen-bond acceptors (Lipinski definition) is 5. The molecule has 2 aromatic carbocycles. The standard InChI is InChI=1S/C20H21N7O/c1-20(2,3)27-25-18(24-26-27)19(28)23-17(13-7-5-4-6-8-13)14-9-10-15-16(11-14)22-12-21-15/h4-12,17H,1-3H3,(H,21,22)(H,23,28). The van der Waals surface area contributed by atoms with Gasteiger partial charge < -0.3 is 10.3 Å². The van der Waals surface area contributed by atoms with E-state index in [0.29, 0.717) is 0 Å². The molecule has 0 aliphatic carbocycles. The average Bonchev–Trinajstić information content (AvgIpc) is 3.35. The molecule has 0 saturated carbocycles. The van der Waals surface area contributed by atoms with E-state index in [9.17, 15) is 4.79 Å². The van der Waals surface area contributed by atoms with Gasteiger partial charge in [-0.3, -0.25) is 4.79 Å². The van der Waals surface area contributed by atoms with Crippen molar-refractivity contribution < 1.29 is 4.79 Å². The van der Waals surface area contributed by atoms with Crippen LogP contribution in [-0.2, 0) is 5.54 Å². The van der Waals surface area contributed by atoms with Gasteiger partial charge in [-0.2, -0.15) is 4.80 Å². The molecule has 1 unspecified atom stereocenters. The van der Waals surface area contributed by atoms with E-state index >= 15 is 0 Å². The number of nitrogens with one attached hydrogen (secondary N) is 2. The van der Waals surface area contributed by atoms with Crippen LogP contribution in [-0.4, -0.2) is 36.1 Å². The molecule has 2 N–H and O–H groups in total. The molecule has 142 valence electrons. The fraction of sp³-hybridized carbons (Fsp3) is 0.250. The van der Waals surface area contributed by atoms with Crippen molar-refractivity contribution in [2.45, 2.75) is 32.4 Å². The number of H-pyrrole nitrogens is 1. The molecule has 8 nitrogen and oxygen atoms in total. The van der Waals surface area contributed by atoms with E-state index in [1.165, 1.54) is 4.80 Å². The first-order valence-corrected chi connectivity index (χ1v) is 9.01. The highest BCUT2D eigenvalue weighted by Gasteiger charge is 2.24. The summed E-state index contributed by atoms with van der Waals surface area (Å²) in [4.78, 5) is 21.6. The Kier molecular flexibility index (Phi) is 4.38. The van der Waals surface area contributed by atoms with Crippen LogP contribution in [0.15, 0.2) is 54.9 Å². The molecular weight excluding hydrogens is 354 g/mol. The molecule has 0 fully saturated rings. The first kappa shape index (κ1) is 17.8. The highest BCUT2D eigenvalue weighted by molar-refractivity contribution is 5.90. The predicted octanol–water partition coefficient (Wildman–Crippen LogP) is 2.82. The Morgan fingerprint density at radius 2 is 1.89 bits per heavy atom. The minimum absolute atomic E-state index is 0.0403. The number of benzene rings is 2. The first-order valence-electron chi connectivity index (χ1n) is 9.01. The molecule has 4 rings (SSSR count). The lowest BCUT2D eigenvalue weighted by atomic mass is 9.98. The lowest BCUT2D eigenvalue weighted by Gasteiger charge is -2.19. The zero-order chi connectivity index (χ0) is 19.7. The number of tetrazole rings is 1. The van der Waals surface area contributed by atoms with Gasteiger partial charge in [-0.15, -0.1) is 10.2 Å². The maximum absolute atomic E-state index is 12.8. The van der Waals surface area contributed by atoms with Crippen LogP contribution in [0, 0.1) is 0 Å². The van der Waals surface area contributed by atoms with Crippen molar-refractivity contribution in [1.82, 2.24) is 35.5 Å². The fourth-order valence-corrected chi connectivity index (χ4v) is 2.92. The molecule has 0 aliphatic heterocycles. The lowest BCUT2D eigenvalue weighted by Crippen LogP contribution is -2.31. The van der Waals surface area contributed by atoms with Crippen LogP contribution >= 0.6 is 0 Å². The SMILES string of the molecule is CC(C)(C)n1nnc(C(=O)NC(c2ccccc2)c2ccc3nc[nH]c3c2)n1. The van der Waals surface area contributed by atoms with E-state index in [4.69, 9.17) is 0 Å². The van der Waals surface area contributed by atoms with Crippen LogP contribution in [0.1, 0.15) is 48.6 Å². The molecule has 4 aromatic rings. The van der Waals surface area contributed by atoms with Gasteiger partial charge in [-0.25, -0.2) is 4.98 Å². The number of rotatable bonds is 4. The van der Waals surface area contributed by atoms with Crippen LogP contribution in [0.25, 0.3) is 11.0 Å². The van der Waals surface area contributed by atoms with Crippen molar-refractivity contribution in [3.8, 4) is 0 Å². The number of nitrogens with zero attached hydrogens (tertiary/aromatic N) is 5. The molecular formula is C20H21N7O. The number of carbonyl (C=O) groups excluding carboxylic acids is 1. The Labute approximate surface area is 162 Å². The summed E-state index contributed by atoms with van der Waals surface area (Å²) in [6, 6.07) is 15.3. The first-order chi connectivity index (χ1) is 13.4. The summed E-state index contributed by atoms with van der Waals surface area (Å²) in [5.74, 6) is -0.340. The molecule has 8 heteroatoms. The van der Waals surface area contributed by atoms with Crippen LogP contribution in [0.4, 0.5) is 0 Å². The molecule has 2 aromatic heterocycles. The maximum atomic E-state index is 12.8. The predicted molar refractivity (Wildman–Crippen MR) is 105 cm³/mol. The van der Waals surface area contributed by atoms with E-state index in [1.54, 1.807) is 6.33 Å². The summed E-state index contributed by atoms with van der Waals surface area (Å²) in [6.45, 7) is 5.84. The van der Waals surface area contributed by atoms with Crippen LogP contribution in [0.2, 0.25) is 0 Å².